The van der Waals surface area contributed by atoms with Gasteiger partial charge in [0.1, 0.15) is 0 Å². The first kappa shape index (κ1) is 14.2. The summed E-state index contributed by atoms with van der Waals surface area (Å²) in [6, 6.07) is 0. The molecule has 0 amide bonds. The number of terminal acetylenes is 1. The van der Waals surface area contributed by atoms with Crippen molar-refractivity contribution in [3.8, 4) is 12.3 Å². The zero-order valence-corrected chi connectivity index (χ0v) is 8.25. The summed E-state index contributed by atoms with van der Waals surface area (Å²) in [6.07, 6.45) is 1.27. The first-order chi connectivity index (χ1) is 7.43. The second kappa shape index (κ2) is 6.64. The fourth-order valence-corrected chi connectivity index (χ4v) is 0.776. The van der Waals surface area contributed by atoms with Crippen molar-refractivity contribution in [2.75, 3.05) is 6.61 Å². The van der Waals surface area contributed by atoms with E-state index in [1.807, 2.05) is 4.79 Å². The Morgan fingerprint density at radius 2 is 2.06 bits per heavy atom. The van der Waals surface area contributed by atoms with E-state index in [0.29, 0.717) is 19.3 Å². The van der Waals surface area contributed by atoms with Crippen molar-refractivity contribution in [3.05, 3.63) is 5.53 Å². The standard InChI is InChI=1S/C9H9F3N2O2/c1-2-3-4-5-6-16-8(15)7(14-13)9(10,11)12/h1H,3-6H2. The second-order valence-corrected chi connectivity index (χ2v) is 2.74. The minimum Gasteiger partial charge on any atom is -0.457 e. The minimum atomic E-state index is -5.02. The van der Waals surface area contributed by atoms with Crippen molar-refractivity contribution < 1.29 is 27.5 Å². The van der Waals surface area contributed by atoms with Crippen LogP contribution >= 0.6 is 0 Å². The van der Waals surface area contributed by atoms with E-state index < -0.39 is 17.9 Å². The van der Waals surface area contributed by atoms with Crippen LogP contribution in [0, 0.1) is 12.3 Å². The van der Waals surface area contributed by atoms with Crippen molar-refractivity contribution in [1.29, 1.82) is 0 Å². The lowest BCUT2D eigenvalue weighted by molar-refractivity contribution is -0.154. The van der Waals surface area contributed by atoms with Gasteiger partial charge in [-0.1, -0.05) is 0 Å². The molecule has 0 heterocycles. The van der Waals surface area contributed by atoms with Gasteiger partial charge in [0.15, 0.2) is 0 Å². The molecule has 0 saturated heterocycles. The number of hydrogen-bond donors (Lipinski definition) is 0. The normalized spacial score (nSPS) is 10.1. The van der Waals surface area contributed by atoms with Gasteiger partial charge in [0.25, 0.3) is 0 Å². The molecule has 0 atom stereocenters. The summed E-state index contributed by atoms with van der Waals surface area (Å²) in [7, 11) is 0. The molecule has 0 aromatic carbocycles. The van der Waals surface area contributed by atoms with Gasteiger partial charge in [-0.05, 0) is 12.8 Å². The van der Waals surface area contributed by atoms with Crippen LogP contribution in [0.3, 0.4) is 0 Å². The topological polar surface area (TPSA) is 62.7 Å². The van der Waals surface area contributed by atoms with Crippen molar-refractivity contribution in [2.45, 2.75) is 25.4 Å². The predicted octanol–water partition coefficient (Wildman–Crippen LogP) is 1.57. The molecule has 88 valence electrons. The van der Waals surface area contributed by atoms with E-state index >= 15 is 0 Å². The maximum atomic E-state index is 12.0. The van der Waals surface area contributed by atoms with E-state index in [9.17, 15) is 18.0 Å². The van der Waals surface area contributed by atoms with Crippen molar-refractivity contribution in [3.63, 3.8) is 0 Å². The van der Waals surface area contributed by atoms with Crippen LogP contribution in [-0.4, -0.2) is 29.3 Å². The molecule has 0 rings (SSSR count). The third kappa shape index (κ3) is 5.17. The summed E-state index contributed by atoms with van der Waals surface area (Å²) >= 11 is 0. The monoisotopic (exact) mass is 234 g/mol. The summed E-state index contributed by atoms with van der Waals surface area (Å²) in [5.74, 6) is 0.631. The Kier molecular flexibility index (Phi) is 5.89. The van der Waals surface area contributed by atoms with Crippen LogP contribution in [0.4, 0.5) is 13.2 Å². The van der Waals surface area contributed by atoms with E-state index in [1.165, 1.54) is 0 Å². The Labute approximate surface area is 90.0 Å². The molecule has 0 unspecified atom stereocenters. The number of carbonyl (C=O) groups excluding carboxylic acids is 1. The van der Waals surface area contributed by atoms with E-state index in [2.05, 4.69) is 10.7 Å². The van der Waals surface area contributed by atoms with Crippen LogP contribution in [-0.2, 0) is 9.53 Å². The van der Waals surface area contributed by atoms with Crippen LogP contribution in [0.15, 0.2) is 0 Å². The lowest BCUT2D eigenvalue weighted by Crippen LogP contribution is -2.33. The smallest absolute Gasteiger partial charge is 0.457 e. The number of ether oxygens (including phenoxy) is 1. The number of carbonyl (C=O) groups is 1. The Hall–Kier alpha value is -1.80. The third-order valence-electron chi connectivity index (χ3n) is 1.51. The van der Waals surface area contributed by atoms with E-state index in [1.54, 1.807) is 0 Å². The molecule has 7 heteroatoms. The quantitative estimate of drug-likeness (QED) is 0.181. The summed E-state index contributed by atoms with van der Waals surface area (Å²) in [5.41, 5.74) is 6.05. The maximum Gasteiger partial charge on any atom is 0.503 e. The van der Waals surface area contributed by atoms with Gasteiger partial charge in [-0.25, -0.2) is 4.79 Å². The van der Waals surface area contributed by atoms with E-state index in [4.69, 9.17) is 12.0 Å². The van der Waals surface area contributed by atoms with Gasteiger partial charge in [0.05, 0.1) is 6.61 Å². The van der Waals surface area contributed by atoms with E-state index in [0.717, 1.165) is 0 Å². The lowest BCUT2D eigenvalue weighted by atomic mass is 10.2. The van der Waals surface area contributed by atoms with Crippen molar-refractivity contribution in [1.82, 2.24) is 0 Å². The Morgan fingerprint density at radius 3 is 2.50 bits per heavy atom. The molecule has 0 radical (unpaired) electrons. The largest absolute Gasteiger partial charge is 0.503 e. The number of esters is 1. The fraction of sp³-hybridized carbons (Fsp3) is 0.556. The molecule has 16 heavy (non-hydrogen) atoms. The van der Waals surface area contributed by atoms with Gasteiger partial charge in [-0.15, -0.1) is 12.3 Å². The molecule has 0 fully saturated rings. The Balaban J connectivity index is 4.08. The molecule has 0 bridgehead atoms. The Bertz CT molecular complexity index is 338. The molecule has 0 saturated carbocycles. The SMILES string of the molecule is C#CCCCCOC(=O)C(=[N+]=[N-])C(F)(F)F. The molecule has 0 N–H and O–H groups in total. The molecule has 0 aromatic rings. The highest BCUT2D eigenvalue weighted by Crippen LogP contribution is 2.16. The number of rotatable bonds is 5. The first-order valence-electron chi connectivity index (χ1n) is 4.33. The van der Waals surface area contributed by atoms with Crippen LogP contribution in [0.1, 0.15) is 19.3 Å². The molecular weight excluding hydrogens is 225 g/mol. The van der Waals surface area contributed by atoms with Gasteiger partial charge in [-0.2, -0.15) is 18.0 Å². The average Bonchev–Trinajstić information content (AvgIpc) is 2.16. The molecule has 0 spiro atoms. The van der Waals surface area contributed by atoms with Crippen molar-refractivity contribution >= 4 is 11.7 Å². The van der Waals surface area contributed by atoms with Gasteiger partial charge >= 0.3 is 17.9 Å². The number of hydrogen-bond acceptors (Lipinski definition) is 2. The summed E-state index contributed by atoms with van der Waals surface area (Å²) in [4.78, 5) is 12.6. The zero-order chi connectivity index (χ0) is 12.6. The molecule has 0 aliphatic rings. The number of alkyl halides is 3. The van der Waals surface area contributed by atoms with Gasteiger partial charge in [0, 0.05) is 6.42 Å². The average molecular weight is 234 g/mol. The number of halogens is 3. The minimum absolute atomic E-state index is 0.199. The number of nitrogens with zero attached hydrogens (tertiary/aromatic N) is 2. The third-order valence-corrected chi connectivity index (χ3v) is 1.51. The van der Waals surface area contributed by atoms with Gasteiger partial charge < -0.3 is 10.3 Å². The summed E-state index contributed by atoms with van der Waals surface area (Å²) in [5, 5.41) is 0. The van der Waals surface area contributed by atoms with Crippen LogP contribution in [0.2, 0.25) is 0 Å². The van der Waals surface area contributed by atoms with Gasteiger partial charge in [-0.3, -0.25) is 0 Å². The number of unbranched alkanes of at least 4 members (excludes halogenated alkanes) is 2. The highest BCUT2D eigenvalue weighted by Gasteiger charge is 2.51. The second-order valence-electron chi connectivity index (χ2n) is 2.74. The van der Waals surface area contributed by atoms with Crippen LogP contribution in [0.5, 0.6) is 0 Å². The van der Waals surface area contributed by atoms with Crippen LogP contribution in [0.25, 0.3) is 5.53 Å². The highest BCUT2D eigenvalue weighted by atomic mass is 19.4. The predicted molar refractivity (Wildman–Crippen MR) is 48.3 cm³/mol. The van der Waals surface area contributed by atoms with Crippen molar-refractivity contribution in [2.24, 2.45) is 0 Å². The Morgan fingerprint density at radius 1 is 1.44 bits per heavy atom. The molecule has 0 aromatic heterocycles. The van der Waals surface area contributed by atoms with Gasteiger partial charge in [0.2, 0.25) is 0 Å². The fourth-order valence-electron chi connectivity index (χ4n) is 0.776. The first-order valence-corrected chi connectivity index (χ1v) is 4.33. The summed E-state index contributed by atoms with van der Waals surface area (Å²) in [6.45, 7) is -0.199. The molecular formula is C9H9F3N2O2. The lowest BCUT2D eigenvalue weighted by Gasteiger charge is -2.02. The molecule has 0 aliphatic carbocycles. The summed E-state index contributed by atoms with van der Waals surface area (Å²) < 4.78 is 40.2. The van der Waals surface area contributed by atoms with E-state index in [-0.39, 0.29) is 6.61 Å². The highest BCUT2D eigenvalue weighted by molar-refractivity contribution is 6.36. The maximum absolute atomic E-state index is 12.0. The zero-order valence-electron chi connectivity index (χ0n) is 8.25. The molecule has 0 aliphatic heterocycles. The molecule has 4 nitrogen and oxygen atoms in total. The van der Waals surface area contributed by atoms with Crippen LogP contribution < -0.4 is 0 Å².